The maximum atomic E-state index is 12.3. The number of nitrogens with zero attached hydrogens (tertiary/aromatic N) is 1. The van der Waals surface area contributed by atoms with Crippen LogP contribution in [0.25, 0.3) is 0 Å². The number of nitrogens with one attached hydrogen (secondary N) is 1. The van der Waals surface area contributed by atoms with Gasteiger partial charge in [-0.3, -0.25) is 0 Å². The van der Waals surface area contributed by atoms with Crippen molar-refractivity contribution in [2.24, 2.45) is 0 Å². The lowest BCUT2D eigenvalue weighted by atomic mass is 9.98. The Bertz CT molecular complexity index is 359. The Balaban J connectivity index is 2.01. The molecule has 2 rings (SSSR count). The van der Waals surface area contributed by atoms with Gasteiger partial charge in [0.15, 0.2) is 0 Å². The third kappa shape index (κ3) is 3.16. The summed E-state index contributed by atoms with van der Waals surface area (Å²) in [6.45, 7) is 5.58. The number of carbonyl (C=O) groups excluding carboxylic acids is 1. The van der Waals surface area contributed by atoms with E-state index >= 15 is 0 Å². The van der Waals surface area contributed by atoms with Crippen LogP contribution in [0.4, 0.5) is 4.79 Å². The Hall–Kier alpha value is -0.910. The van der Waals surface area contributed by atoms with E-state index in [1.807, 2.05) is 11.8 Å². The van der Waals surface area contributed by atoms with Gasteiger partial charge < -0.3 is 15.3 Å². The lowest BCUT2D eigenvalue weighted by Crippen LogP contribution is -2.58. The molecule has 1 saturated carbocycles. The Kier molecular flexibility index (Phi) is 4.28. The van der Waals surface area contributed by atoms with Gasteiger partial charge >= 0.3 is 12.0 Å². The molecule has 0 spiro atoms. The van der Waals surface area contributed by atoms with E-state index in [4.69, 9.17) is 0 Å². The number of hydrogen-bond acceptors (Lipinski definition) is 3. The number of carbonyl (C=O) groups is 2. The van der Waals surface area contributed by atoms with Gasteiger partial charge in [-0.05, 0) is 12.8 Å². The quantitative estimate of drug-likeness (QED) is 0.813. The topological polar surface area (TPSA) is 69.6 Å². The fourth-order valence-corrected chi connectivity index (χ4v) is 4.32. The molecule has 1 saturated heterocycles. The first kappa shape index (κ1) is 14.5. The molecule has 2 fully saturated rings. The molecule has 6 heteroatoms. The molecule has 0 radical (unpaired) electrons. The van der Waals surface area contributed by atoms with Gasteiger partial charge in [0.05, 0.1) is 0 Å². The summed E-state index contributed by atoms with van der Waals surface area (Å²) in [5.41, 5.74) is -1.03. The average Bonchev–Trinajstić information content (AvgIpc) is 2.77. The number of amides is 2. The summed E-state index contributed by atoms with van der Waals surface area (Å²) >= 11 is 1.87. The Morgan fingerprint density at radius 2 is 1.74 bits per heavy atom. The first-order chi connectivity index (χ1) is 8.93. The van der Waals surface area contributed by atoms with Crippen LogP contribution in [0.3, 0.4) is 0 Å². The van der Waals surface area contributed by atoms with E-state index < -0.39 is 11.5 Å². The van der Waals surface area contributed by atoms with Crippen LogP contribution in [0.2, 0.25) is 0 Å². The van der Waals surface area contributed by atoms with Crippen LogP contribution in [0.5, 0.6) is 0 Å². The van der Waals surface area contributed by atoms with Gasteiger partial charge in [-0.1, -0.05) is 26.7 Å². The zero-order chi connectivity index (χ0) is 14.0. The number of carboxylic acids is 1. The first-order valence-corrected chi connectivity index (χ1v) is 7.83. The molecule has 1 aliphatic heterocycles. The highest BCUT2D eigenvalue weighted by atomic mass is 32.2. The number of rotatable bonds is 2. The smallest absolute Gasteiger partial charge is 0.329 e. The van der Waals surface area contributed by atoms with E-state index in [0.29, 0.717) is 36.4 Å². The number of urea groups is 1. The Morgan fingerprint density at radius 1 is 1.21 bits per heavy atom. The lowest BCUT2D eigenvalue weighted by molar-refractivity contribution is -0.144. The van der Waals surface area contributed by atoms with E-state index in [-0.39, 0.29) is 6.03 Å². The number of thioether (sulfide) groups is 1. The molecule has 1 aliphatic carbocycles. The second kappa shape index (κ2) is 5.61. The summed E-state index contributed by atoms with van der Waals surface area (Å²) in [5.74, 6) is -0.897. The van der Waals surface area contributed by atoms with E-state index in [0.717, 1.165) is 12.8 Å². The standard InChI is InChI=1S/C13H22N2O3S/c1-9-7-15(8-10(2)19-9)12(18)14-13(11(16)17)5-3-4-6-13/h9-10H,3-8H2,1-2H3,(H,14,18)(H,16,17). The normalized spacial score (nSPS) is 30.1. The summed E-state index contributed by atoms with van der Waals surface area (Å²) in [6.07, 6.45) is 2.83. The van der Waals surface area contributed by atoms with E-state index in [2.05, 4.69) is 19.2 Å². The molecule has 19 heavy (non-hydrogen) atoms. The van der Waals surface area contributed by atoms with Gasteiger partial charge in [0.1, 0.15) is 5.54 Å². The van der Waals surface area contributed by atoms with Gasteiger partial charge in [0, 0.05) is 23.6 Å². The van der Waals surface area contributed by atoms with Crippen molar-refractivity contribution in [3.05, 3.63) is 0 Å². The molecular formula is C13H22N2O3S. The van der Waals surface area contributed by atoms with Crippen LogP contribution in [-0.4, -0.2) is 51.1 Å². The van der Waals surface area contributed by atoms with Crippen molar-refractivity contribution in [2.45, 2.75) is 55.6 Å². The van der Waals surface area contributed by atoms with E-state index in [1.165, 1.54) is 0 Å². The van der Waals surface area contributed by atoms with Crippen LogP contribution in [-0.2, 0) is 4.79 Å². The lowest BCUT2D eigenvalue weighted by Gasteiger charge is -2.37. The van der Waals surface area contributed by atoms with Crippen molar-refractivity contribution in [1.82, 2.24) is 10.2 Å². The maximum Gasteiger partial charge on any atom is 0.329 e. The van der Waals surface area contributed by atoms with Gasteiger partial charge in [-0.25, -0.2) is 9.59 Å². The molecule has 0 bridgehead atoms. The fraction of sp³-hybridized carbons (Fsp3) is 0.846. The maximum absolute atomic E-state index is 12.3. The highest BCUT2D eigenvalue weighted by Gasteiger charge is 2.43. The first-order valence-electron chi connectivity index (χ1n) is 6.89. The van der Waals surface area contributed by atoms with E-state index in [9.17, 15) is 14.7 Å². The van der Waals surface area contributed by atoms with Gasteiger partial charge in [-0.15, -0.1) is 0 Å². The zero-order valence-electron chi connectivity index (χ0n) is 11.5. The van der Waals surface area contributed by atoms with Crippen molar-refractivity contribution >= 4 is 23.8 Å². The second-order valence-corrected chi connectivity index (χ2v) is 7.57. The van der Waals surface area contributed by atoms with Crippen molar-refractivity contribution < 1.29 is 14.7 Å². The predicted octanol–water partition coefficient (Wildman–Crippen LogP) is 1.92. The summed E-state index contributed by atoms with van der Waals surface area (Å²) in [7, 11) is 0. The van der Waals surface area contributed by atoms with Crippen molar-refractivity contribution in [1.29, 1.82) is 0 Å². The monoisotopic (exact) mass is 286 g/mol. The molecular weight excluding hydrogens is 264 g/mol. The minimum atomic E-state index is -1.03. The molecule has 1 heterocycles. The third-order valence-electron chi connectivity index (χ3n) is 3.92. The highest BCUT2D eigenvalue weighted by Crippen LogP contribution is 2.31. The zero-order valence-corrected chi connectivity index (χ0v) is 12.3. The average molecular weight is 286 g/mol. The fourth-order valence-electron chi connectivity index (χ4n) is 3.00. The second-order valence-electron chi connectivity index (χ2n) is 5.69. The van der Waals surface area contributed by atoms with E-state index in [1.54, 1.807) is 4.90 Å². The number of carboxylic acid groups (broad SMARTS) is 1. The molecule has 2 amide bonds. The Morgan fingerprint density at radius 3 is 2.21 bits per heavy atom. The van der Waals surface area contributed by atoms with Crippen molar-refractivity contribution in [2.75, 3.05) is 13.1 Å². The van der Waals surface area contributed by atoms with Crippen LogP contribution < -0.4 is 5.32 Å². The van der Waals surface area contributed by atoms with Crippen molar-refractivity contribution in [3.8, 4) is 0 Å². The van der Waals surface area contributed by atoms with Gasteiger partial charge in [-0.2, -0.15) is 11.8 Å². The molecule has 2 atom stereocenters. The summed E-state index contributed by atoms with van der Waals surface area (Å²) in [5, 5.41) is 13.0. The number of aliphatic carboxylic acids is 1. The molecule has 2 N–H and O–H groups in total. The highest BCUT2D eigenvalue weighted by molar-refractivity contribution is 8.00. The SMILES string of the molecule is CC1CN(C(=O)NC2(C(=O)O)CCCC2)CC(C)S1. The van der Waals surface area contributed by atoms with Crippen LogP contribution in [0.1, 0.15) is 39.5 Å². The van der Waals surface area contributed by atoms with Crippen LogP contribution in [0.15, 0.2) is 0 Å². The molecule has 108 valence electrons. The largest absolute Gasteiger partial charge is 0.480 e. The minimum absolute atomic E-state index is 0.219. The molecule has 5 nitrogen and oxygen atoms in total. The van der Waals surface area contributed by atoms with Crippen LogP contribution >= 0.6 is 11.8 Å². The molecule has 2 aliphatic rings. The van der Waals surface area contributed by atoms with Crippen LogP contribution in [0, 0.1) is 0 Å². The molecule has 0 aromatic rings. The summed E-state index contributed by atoms with van der Waals surface area (Å²) < 4.78 is 0. The molecule has 0 aromatic heterocycles. The molecule has 0 aromatic carbocycles. The summed E-state index contributed by atoms with van der Waals surface area (Å²) in [6, 6.07) is -0.219. The molecule has 2 unspecified atom stereocenters. The van der Waals surface area contributed by atoms with Gasteiger partial charge in [0.2, 0.25) is 0 Å². The third-order valence-corrected chi connectivity index (χ3v) is 5.15. The minimum Gasteiger partial charge on any atom is -0.480 e. The van der Waals surface area contributed by atoms with Gasteiger partial charge in [0.25, 0.3) is 0 Å². The predicted molar refractivity (Wildman–Crippen MR) is 75.5 cm³/mol. The number of hydrogen-bond donors (Lipinski definition) is 2. The van der Waals surface area contributed by atoms with Crippen molar-refractivity contribution in [3.63, 3.8) is 0 Å². The summed E-state index contributed by atoms with van der Waals surface area (Å²) in [4.78, 5) is 25.5. The Labute approximate surface area is 118 Å².